The van der Waals surface area contributed by atoms with Crippen molar-refractivity contribution in [3.63, 3.8) is 0 Å². The summed E-state index contributed by atoms with van der Waals surface area (Å²) in [6, 6.07) is 19.8. The van der Waals surface area contributed by atoms with Gasteiger partial charge in [0.1, 0.15) is 5.75 Å². The van der Waals surface area contributed by atoms with Crippen LogP contribution in [0, 0.1) is 0 Å². The number of nitrogens with zero attached hydrogens (tertiary/aromatic N) is 2. The van der Waals surface area contributed by atoms with Crippen molar-refractivity contribution in [2.75, 3.05) is 27.9 Å². The van der Waals surface area contributed by atoms with Crippen molar-refractivity contribution in [1.29, 1.82) is 0 Å². The molecule has 0 aliphatic carbocycles. The predicted molar refractivity (Wildman–Crippen MR) is 129 cm³/mol. The van der Waals surface area contributed by atoms with Crippen LogP contribution in [0.2, 0.25) is 0 Å². The molecule has 5 rings (SSSR count). The summed E-state index contributed by atoms with van der Waals surface area (Å²) in [6.45, 7) is 2.52. The monoisotopic (exact) mass is 460 g/mol. The highest BCUT2D eigenvalue weighted by Gasteiger charge is 2.43. The largest absolute Gasteiger partial charge is 0.497 e. The van der Waals surface area contributed by atoms with Crippen molar-refractivity contribution in [3.05, 3.63) is 77.4 Å². The molecule has 0 N–H and O–H groups in total. The van der Waals surface area contributed by atoms with Gasteiger partial charge in [-0.1, -0.05) is 30.3 Å². The number of fused-ring (bicyclic) bond motifs is 3. The average Bonchev–Trinajstić information content (AvgIpc) is 3.34. The fraction of sp³-hybridized carbons (Fsp3) is 0.296. The maximum Gasteiger partial charge on any atom is 0.217 e. The van der Waals surface area contributed by atoms with Crippen LogP contribution in [0.25, 0.3) is 0 Å². The van der Waals surface area contributed by atoms with Crippen molar-refractivity contribution < 1.29 is 23.7 Å². The van der Waals surface area contributed by atoms with Crippen LogP contribution in [-0.2, 0) is 0 Å². The van der Waals surface area contributed by atoms with E-state index in [0.29, 0.717) is 18.1 Å². The van der Waals surface area contributed by atoms with Crippen molar-refractivity contribution in [1.82, 2.24) is 5.01 Å². The Hall–Kier alpha value is -3.87. The smallest absolute Gasteiger partial charge is 0.217 e. The first-order chi connectivity index (χ1) is 16.7. The van der Waals surface area contributed by atoms with E-state index in [2.05, 4.69) is 12.1 Å². The number of rotatable bonds is 7. The molecule has 2 heterocycles. The van der Waals surface area contributed by atoms with E-state index in [0.717, 1.165) is 46.1 Å². The minimum absolute atomic E-state index is 0.0220. The molecule has 0 fully saturated rings. The van der Waals surface area contributed by atoms with Gasteiger partial charge in [0.2, 0.25) is 6.23 Å². The third kappa shape index (κ3) is 3.67. The Morgan fingerprint density at radius 3 is 2.41 bits per heavy atom. The molecule has 3 aromatic rings. The maximum absolute atomic E-state index is 6.62. The lowest BCUT2D eigenvalue weighted by molar-refractivity contribution is -0.0226. The normalized spacial score (nSPS) is 18.4. The molecule has 0 amide bonds. The molecule has 0 aromatic heterocycles. The number of benzene rings is 3. The highest BCUT2D eigenvalue weighted by molar-refractivity contribution is 6.02. The molecule has 7 nitrogen and oxygen atoms in total. The van der Waals surface area contributed by atoms with Crippen LogP contribution < -0.4 is 23.7 Å². The van der Waals surface area contributed by atoms with E-state index in [1.807, 2.05) is 60.5 Å². The van der Waals surface area contributed by atoms with E-state index in [1.54, 1.807) is 21.3 Å². The standard InChI is InChI=1S/C27H28N2O5/c1-5-33-24-14-7-11-19-22-16-21(17-9-6-10-18(15-17)30-2)28-29(22)27(34-26(19)24)20-12-8-13-23(31-3)25(20)32-4/h6-15,22,27H,5,16H2,1-4H3/t22-,27-/m1/s1. The van der Waals surface area contributed by atoms with Gasteiger partial charge in [0.15, 0.2) is 23.0 Å². The van der Waals surface area contributed by atoms with E-state index >= 15 is 0 Å². The predicted octanol–water partition coefficient (Wildman–Crippen LogP) is 5.35. The molecule has 0 saturated carbocycles. The number of para-hydroxylation sites is 2. The molecule has 2 aliphatic heterocycles. The molecule has 2 aliphatic rings. The molecular formula is C27H28N2O5. The zero-order valence-electron chi connectivity index (χ0n) is 19.8. The van der Waals surface area contributed by atoms with E-state index in [9.17, 15) is 0 Å². The van der Waals surface area contributed by atoms with Gasteiger partial charge in [-0.25, -0.2) is 5.01 Å². The van der Waals surface area contributed by atoms with Gasteiger partial charge in [-0.15, -0.1) is 0 Å². The molecule has 3 aromatic carbocycles. The summed E-state index contributed by atoms with van der Waals surface area (Å²) in [7, 11) is 4.93. The van der Waals surface area contributed by atoms with Gasteiger partial charge >= 0.3 is 0 Å². The Kier molecular flexibility index (Phi) is 5.92. The van der Waals surface area contributed by atoms with E-state index in [-0.39, 0.29) is 6.04 Å². The molecule has 176 valence electrons. The third-order valence-electron chi connectivity index (χ3n) is 6.18. The summed E-state index contributed by atoms with van der Waals surface area (Å²) in [5, 5.41) is 7.07. The van der Waals surface area contributed by atoms with E-state index < -0.39 is 6.23 Å². The summed E-state index contributed by atoms with van der Waals surface area (Å²) in [5.41, 5.74) is 3.87. The zero-order valence-corrected chi connectivity index (χ0v) is 19.8. The third-order valence-corrected chi connectivity index (χ3v) is 6.18. The number of hydrazone groups is 1. The first-order valence-corrected chi connectivity index (χ1v) is 11.3. The van der Waals surface area contributed by atoms with Gasteiger partial charge in [0, 0.05) is 17.5 Å². The fourth-order valence-electron chi connectivity index (χ4n) is 4.64. The topological polar surface area (TPSA) is 61.8 Å². The lowest BCUT2D eigenvalue weighted by Gasteiger charge is -2.39. The van der Waals surface area contributed by atoms with Gasteiger partial charge in [0.05, 0.1) is 45.3 Å². The van der Waals surface area contributed by atoms with E-state index in [1.165, 1.54) is 0 Å². The van der Waals surface area contributed by atoms with Crippen LogP contribution in [0.1, 0.15) is 42.3 Å². The van der Waals surface area contributed by atoms with Crippen LogP contribution in [0.15, 0.2) is 65.8 Å². The zero-order chi connectivity index (χ0) is 23.7. The maximum atomic E-state index is 6.62. The molecule has 0 bridgehead atoms. The molecule has 2 atom stereocenters. The lowest BCUT2D eigenvalue weighted by Crippen LogP contribution is -2.34. The number of hydrogen-bond acceptors (Lipinski definition) is 7. The highest BCUT2D eigenvalue weighted by atomic mass is 16.5. The Balaban J connectivity index is 1.65. The highest BCUT2D eigenvalue weighted by Crippen LogP contribution is 2.52. The second kappa shape index (κ2) is 9.17. The molecular weight excluding hydrogens is 432 g/mol. The van der Waals surface area contributed by atoms with Gasteiger partial charge < -0.3 is 23.7 Å². The Bertz CT molecular complexity index is 1230. The molecule has 7 heteroatoms. The van der Waals surface area contributed by atoms with E-state index in [4.69, 9.17) is 28.8 Å². The van der Waals surface area contributed by atoms with Crippen LogP contribution in [0.3, 0.4) is 0 Å². The first kappa shape index (κ1) is 21.9. The number of ether oxygens (including phenoxy) is 5. The van der Waals surface area contributed by atoms with Gasteiger partial charge in [-0.3, -0.25) is 0 Å². The molecule has 0 radical (unpaired) electrons. The second-order valence-electron chi connectivity index (χ2n) is 8.04. The fourth-order valence-corrected chi connectivity index (χ4v) is 4.64. The quantitative estimate of drug-likeness (QED) is 0.474. The first-order valence-electron chi connectivity index (χ1n) is 11.3. The SMILES string of the molecule is CCOc1cccc2c1O[C@H](c1cccc(OC)c1OC)N1N=C(c3cccc(OC)c3)C[C@H]21. The molecule has 0 saturated heterocycles. The number of hydrogen-bond donors (Lipinski definition) is 0. The molecule has 34 heavy (non-hydrogen) atoms. The lowest BCUT2D eigenvalue weighted by atomic mass is 9.95. The molecule has 0 spiro atoms. The van der Waals surface area contributed by atoms with Crippen LogP contribution in [0.5, 0.6) is 28.7 Å². The molecule has 0 unspecified atom stereocenters. The van der Waals surface area contributed by atoms with Crippen molar-refractivity contribution in [2.24, 2.45) is 5.10 Å². The van der Waals surface area contributed by atoms with Crippen molar-refractivity contribution >= 4 is 5.71 Å². The number of methoxy groups -OCH3 is 3. The Labute approximate surface area is 199 Å². The summed E-state index contributed by atoms with van der Waals surface area (Å²) < 4.78 is 29.3. The van der Waals surface area contributed by atoms with Crippen molar-refractivity contribution in [2.45, 2.75) is 25.6 Å². The Morgan fingerprint density at radius 1 is 0.912 bits per heavy atom. The second-order valence-corrected chi connectivity index (χ2v) is 8.04. The van der Waals surface area contributed by atoms with Crippen molar-refractivity contribution in [3.8, 4) is 28.7 Å². The van der Waals surface area contributed by atoms with Gasteiger partial charge in [0.25, 0.3) is 0 Å². The average molecular weight is 461 g/mol. The summed E-state index contributed by atoms with van der Waals surface area (Å²) in [6.07, 6.45) is 0.203. The van der Waals surface area contributed by atoms with Gasteiger partial charge in [-0.05, 0) is 37.3 Å². The minimum Gasteiger partial charge on any atom is -0.497 e. The summed E-state index contributed by atoms with van der Waals surface area (Å²) >= 11 is 0. The minimum atomic E-state index is -0.521. The van der Waals surface area contributed by atoms with Crippen LogP contribution >= 0.6 is 0 Å². The Morgan fingerprint density at radius 2 is 1.68 bits per heavy atom. The van der Waals surface area contributed by atoms with Crippen LogP contribution in [-0.4, -0.2) is 38.7 Å². The summed E-state index contributed by atoms with van der Waals surface area (Å²) in [5.74, 6) is 3.52. The summed E-state index contributed by atoms with van der Waals surface area (Å²) in [4.78, 5) is 0. The van der Waals surface area contributed by atoms with Crippen LogP contribution in [0.4, 0.5) is 0 Å². The van der Waals surface area contributed by atoms with Gasteiger partial charge in [-0.2, -0.15) is 5.10 Å².